The number of imide groups is 1. The summed E-state index contributed by atoms with van der Waals surface area (Å²) >= 11 is 0. The van der Waals surface area contributed by atoms with Crippen molar-refractivity contribution in [3.05, 3.63) is 124 Å². The van der Waals surface area contributed by atoms with E-state index in [1.807, 2.05) is 50.2 Å². The van der Waals surface area contributed by atoms with Crippen LogP contribution in [0.5, 0.6) is 5.75 Å². The second-order valence-corrected chi connectivity index (χ2v) is 11.8. The second-order valence-electron chi connectivity index (χ2n) is 11.8. The number of anilines is 2. The quantitative estimate of drug-likeness (QED) is 0.205. The molecule has 0 unspecified atom stereocenters. The smallest absolute Gasteiger partial charge is 0.266 e. The van der Waals surface area contributed by atoms with Gasteiger partial charge in [0.15, 0.2) is 0 Å². The van der Waals surface area contributed by atoms with Gasteiger partial charge in [-0.2, -0.15) is 0 Å². The van der Waals surface area contributed by atoms with Gasteiger partial charge in [-0.3, -0.25) is 14.4 Å². The van der Waals surface area contributed by atoms with E-state index in [0.717, 1.165) is 46.6 Å². The number of rotatable bonds is 7. The topological polar surface area (TPSA) is 106 Å². The first-order valence-corrected chi connectivity index (χ1v) is 15.0. The number of aryl methyl sites for hydroxylation is 2. The monoisotopic (exact) mass is 615 g/mol. The number of hydrogen-bond donors (Lipinski definition) is 1. The standard InChI is InChI=1S/C36H30FN5O4/c1-21-8-9-22(2)32(16-21)42-34(44)27-12-10-23(17-28(27)35(42)45)33(43)38-25-11-13-30(37)29(19-25)31-20-41(40-39-31)36(14-5-15-36)24-6-4-7-26(18-24)46-3/h4,6-13,16-20H,5,14-15H2,1-3H3,(H,38,43). The third-order valence-electron chi connectivity index (χ3n) is 8.97. The van der Waals surface area contributed by atoms with Crippen molar-refractivity contribution in [2.24, 2.45) is 0 Å². The lowest BCUT2D eigenvalue weighted by atomic mass is 9.72. The van der Waals surface area contributed by atoms with Gasteiger partial charge in [0.05, 0.1) is 35.7 Å². The molecular weight excluding hydrogens is 585 g/mol. The maximum Gasteiger partial charge on any atom is 0.266 e. The van der Waals surface area contributed by atoms with E-state index in [1.165, 1.54) is 36.4 Å². The molecule has 9 nitrogen and oxygen atoms in total. The molecule has 1 N–H and O–H groups in total. The van der Waals surface area contributed by atoms with Crippen LogP contribution in [0.15, 0.2) is 85.1 Å². The molecule has 0 bridgehead atoms. The van der Waals surface area contributed by atoms with E-state index in [9.17, 15) is 14.4 Å². The highest BCUT2D eigenvalue weighted by atomic mass is 19.1. The van der Waals surface area contributed by atoms with E-state index >= 15 is 4.39 Å². The Morgan fingerprint density at radius 3 is 2.48 bits per heavy atom. The molecule has 0 spiro atoms. The van der Waals surface area contributed by atoms with E-state index in [4.69, 9.17) is 4.74 Å². The van der Waals surface area contributed by atoms with Crippen LogP contribution < -0.4 is 15.0 Å². The maximum absolute atomic E-state index is 15.1. The largest absolute Gasteiger partial charge is 0.497 e. The molecule has 10 heteroatoms. The molecular formula is C36H30FN5O4. The first kappa shape index (κ1) is 29.1. The Morgan fingerprint density at radius 2 is 1.72 bits per heavy atom. The molecule has 3 amide bonds. The Morgan fingerprint density at radius 1 is 0.913 bits per heavy atom. The molecule has 4 aromatic carbocycles. The van der Waals surface area contributed by atoms with E-state index in [1.54, 1.807) is 24.1 Å². The van der Waals surface area contributed by atoms with Crippen LogP contribution in [0.25, 0.3) is 11.3 Å². The number of carbonyl (C=O) groups excluding carboxylic acids is 3. The van der Waals surface area contributed by atoms with Crippen molar-refractivity contribution in [1.82, 2.24) is 15.0 Å². The fraction of sp³-hybridized carbons (Fsp3) is 0.194. The van der Waals surface area contributed by atoms with Crippen LogP contribution >= 0.6 is 0 Å². The maximum atomic E-state index is 15.1. The van der Waals surface area contributed by atoms with Gasteiger partial charge in [-0.1, -0.05) is 29.5 Å². The number of aromatic nitrogens is 3. The van der Waals surface area contributed by atoms with Crippen molar-refractivity contribution in [1.29, 1.82) is 0 Å². The zero-order chi connectivity index (χ0) is 32.2. The SMILES string of the molecule is COc1cccc(C2(n3cc(-c4cc(NC(=O)c5ccc6c(c5)C(=O)N(c5cc(C)ccc5C)C6=O)ccc4F)nn3)CCC2)c1. The minimum absolute atomic E-state index is 0.149. The molecule has 46 heavy (non-hydrogen) atoms. The van der Waals surface area contributed by atoms with Gasteiger partial charge < -0.3 is 10.1 Å². The summed E-state index contributed by atoms with van der Waals surface area (Å²) in [4.78, 5) is 41.0. The normalized spacial score (nSPS) is 15.0. The van der Waals surface area contributed by atoms with Gasteiger partial charge in [-0.25, -0.2) is 14.0 Å². The number of benzene rings is 4. The first-order chi connectivity index (χ1) is 22.2. The molecule has 1 aromatic heterocycles. The molecule has 0 saturated heterocycles. The molecule has 230 valence electrons. The van der Waals surface area contributed by atoms with Gasteiger partial charge in [0.1, 0.15) is 17.3 Å². The molecule has 2 aliphatic rings. The summed E-state index contributed by atoms with van der Waals surface area (Å²) in [6.45, 7) is 3.72. The van der Waals surface area contributed by atoms with Crippen molar-refractivity contribution in [2.45, 2.75) is 38.6 Å². The van der Waals surface area contributed by atoms with Crippen molar-refractivity contribution in [3.8, 4) is 17.0 Å². The number of nitrogens with zero attached hydrogens (tertiary/aromatic N) is 4. The number of amides is 3. The summed E-state index contributed by atoms with van der Waals surface area (Å²) in [5, 5.41) is 11.5. The highest BCUT2D eigenvalue weighted by Crippen LogP contribution is 2.45. The lowest BCUT2D eigenvalue weighted by molar-refractivity contribution is 0.0925. The van der Waals surface area contributed by atoms with Crippen molar-refractivity contribution in [3.63, 3.8) is 0 Å². The molecule has 1 fully saturated rings. The molecule has 5 aromatic rings. The van der Waals surface area contributed by atoms with Gasteiger partial charge in [0.25, 0.3) is 17.7 Å². The molecule has 0 radical (unpaired) electrons. The summed E-state index contributed by atoms with van der Waals surface area (Å²) in [6, 6.07) is 22.0. The third kappa shape index (κ3) is 4.73. The van der Waals surface area contributed by atoms with Gasteiger partial charge in [-0.05, 0) is 104 Å². The minimum Gasteiger partial charge on any atom is -0.497 e. The Kier molecular flexibility index (Phi) is 7.00. The number of halogens is 1. The number of nitrogens with one attached hydrogen (secondary N) is 1. The minimum atomic E-state index is -0.513. The predicted octanol–water partition coefficient (Wildman–Crippen LogP) is 6.69. The summed E-state index contributed by atoms with van der Waals surface area (Å²) in [7, 11) is 1.63. The molecule has 1 aliphatic heterocycles. The van der Waals surface area contributed by atoms with Crippen molar-refractivity contribution in [2.75, 3.05) is 17.3 Å². The van der Waals surface area contributed by atoms with Gasteiger partial charge in [0, 0.05) is 16.8 Å². The highest BCUT2D eigenvalue weighted by Gasteiger charge is 2.42. The van der Waals surface area contributed by atoms with Crippen LogP contribution in [0.3, 0.4) is 0 Å². The number of fused-ring (bicyclic) bond motifs is 1. The summed E-state index contributed by atoms with van der Waals surface area (Å²) in [5.41, 5.74) is 4.27. The van der Waals surface area contributed by atoms with Gasteiger partial charge >= 0.3 is 0 Å². The zero-order valence-electron chi connectivity index (χ0n) is 25.5. The Hall–Kier alpha value is -5.64. The second kappa shape index (κ2) is 11.1. The van der Waals surface area contributed by atoms with E-state index in [-0.39, 0.29) is 22.3 Å². The first-order valence-electron chi connectivity index (χ1n) is 15.0. The Balaban J connectivity index is 1.13. The van der Waals surface area contributed by atoms with Gasteiger partial charge in [0.2, 0.25) is 0 Å². The highest BCUT2D eigenvalue weighted by molar-refractivity contribution is 6.35. The molecule has 7 rings (SSSR count). The number of carbonyl (C=O) groups is 3. The van der Waals surface area contributed by atoms with Crippen LogP contribution in [-0.4, -0.2) is 39.8 Å². The summed E-state index contributed by atoms with van der Waals surface area (Å²) in [6.07, 6.45) is 4.47. The van der Waals surface area contributed by atoms with Crippen molar-refractivity contribution < 1.29 is 23.5 Å². The molecule has 0 atom stereocenters. The van der Waals surface area contributed by atoms with Crippen molar-refractivity contribution >= 4 is 29.1 Å². The van der Waals surface area contributed by atoms with Crippen LogP contribution in [0, 0.1) is 19.7 Å². The molecule has 2 heterocycles. The third-order valence-corrected chi connectivity index (χ3v) is 8.97. The molecule has 1 saturated carbocycles. The fourth-order valence-electron chi connectivity index (χ4n) is 6.23. The summed E-state index contributed by atoms with van der Waals surface area (Å²) < 4.78 is 22.3. The average Bonchev–Trinajstić information content (AvgIpc) is 3.61. The number of hydrogen-bond acceptors (Lipinski definition) is 6. The van der Waals surface area contributed by atoms with E-state index in [0.29, 0.717) is 17.1 Å². The fourth-order valence-corrected chi connectivity index (χ4v) is 6.23. The van der Waals surface area contributed by atoms with Crippen LogP contribution in [-0.2, 0) is 5.54 Å². The average molecular weight is 616 g/mol. The van der Waals surface area contributed by atoms with Crippen LogP contribution in [0.4, 0.5) is 15.8 Å². The Bertz CT molecular complexity index is 2070. The number of methoxy groups -OCH3 is 1. The lowest BCUT2D eigenvalue weighted by Crippen LogP contribution is -2.42. The van der Waals surface area contributed by atoms with Crippen LogP contribution in [0.1, 0.15) is 67.0 Å². The van der Waals surface area contributed by atoms with Crippen LogP contribution in [0.2, 0.25) is 0 Å². The predicted molar refractivity (Wildman–Crippen MR) is 171 cm³/mol. The van der Waals surface area contributed by atoms with Gasteiger partial charge in [-0.15, -0.1) is 5.10 Å². The Labute approximate surface area is 264 Å². The summed E-state index contributed by atoms with van der Waals surface area (Å²) in [5.74, 6) is -1.21. The zero-order valence-corrected chi connectivity index (χ0v) is 25.5. The lowest BCUT2D eigenvalue weighted by Gasteiger charge is -2.42. The molecule has 1 aliphatic carbocycles. The van der Waals surface area contributed by atoms with E-state index in [2.05, 4.69) is 15.6 Å². The number of ether oxygens (including phenoxy) is 1. The van der Waals surface area contributed by atoms with E-state index < -0.39 is 29.1 Å².